The first-order valence-corrected chi connectivity index (χ1v) is 6.77. The Labute approximate surface area is 128 Å². The van der Waals surface area contributed by atoms with Crippen LogP contribution in [0.5, 0.6) is 17.2 Å². The van der Waals surface area contributed by atoms with Gasteiger partial charge in [0.05, 0.1) is 7.11 Å². The van der Waals surface area contributed by atoms with Crippen LogP contribution in [0.25, 0.3) is 0 Å². The highest BCUT2D eigenvalue weighted by atomic mass is 16.7. The van der Waals surface area contributed by atoms with Crippen molar-refractivity contribution in [2.45, 2.75) is 0 Å². The number of nitrogens with one attached hydrogen (secondary N) is 1. The summed E-state index contributed by atoms with van der Waals surface area (Å²) < 4.78 is 15.6. The average Bonchev–Trinajstić information content (AvgIpc) is 3.02. The Kier molecular flexibility index (Phi) is 3.96. The third-order valence-electron chi connectivity index (χ3n) is 3.23. The lowest BCUT2D eigenvalue weighted by Gasteiger charge is -2.02. The minimum Gasteiger partial charge on any atom is -0.497 e. The Balaban J connectivity index is 1.62. The van der Waals surface area contributed by atoms with E-state index in [0.717, 1.165) is 17.2 Å². The lowest BCUT2D eigenvalue weighted by molar-refractivity contribution is 0.104. The number of ether oxygens (including phenoxy) is 3. The number of rotatable bonds is 5. The molecule has 0 aliphatic carbocycles. The van der Waals surface area contributed by atoms with E-state index in [1.165, 1.54) is 6.08 Å². The summed E-state index contributed by atoms with van der Waals surface area (Å²) in [5, 5.41) is 3.04. The molecule has 2 aromatic carbocycles. The van der Waals surface area contributed by atoms with Crippen LogP contribution >= 0.6 is 0 Å². The number of fused-ring (bicyclic) bond motifs is 1. The van der Waals surface area contributed by atoms with Crippen LogP contribution in [0, 0.1) is 0 Å². The van der Waals surface area contributed by atoms with Gasteiger partial charge in [0, 0.05) is 29.6 Å². The maximum Gasteiger partial charge on any atom is 0.231 e. The topological polar surface area (TPSA) is 56.8 Å². The fourth-order valence-corrected chi connectivity index (χ4v) is 2.05. The van der Waals surface area contributed by atoms with Crippen molar-refractivity contribution in [2.24, 2.45) is 0 Å². The van der Waals surface area contributed by atoms with Crippen molar-refractivity contribution in [3.8, 4) is 17.2 Å². The van der Waals surface area contributed by atoms with Gasteiger partial charge in [0.25, 0.3) is 0 Å². The molecule has 112 valence electrons. The third-order valence-corrected chi connectivity index (χ3v) is 3.23. The molecule has 0 spiro atoms. The molecule has 0 radical (unpaired) electrons. The fourth-order valence-electron chi connectivity index (χ4n) is 2.05. The standard InChI is InChI=1S/C17H15NO4/c1-20-14-5-2-12(3-6-14)15(19)8-9-18-13-4-7-16-17(10-13)22-11-21-16/h2-10,18H,11H2,1H3/b9-8+. The van der Waals surface area contributed by atoms with E-state index >= 15 is 0 Å². The number of hydrogen-bond donors (Lipinski definition) is 1. The van der Waals surface area contributed by atoms with Crippen LogP contribution in [0.4, 0.5) is 5.69 Å². The van der Waals surface area contributed by atoms with E-state index in [9.17, 15) is 4.79 Å². The number of hydrogen-bond acceptors (Lipinski definition) is 5. The molecular formula is C17H15NO4. The van der Waals surface area contributed by atoms with E-state index in [-0.39, 0.29) is 12.6 Å². The first-order valence-electron chi connectivity index (χ1n) is 6.77. The number of ketones is 1. The molecule has 1 aliphatic rings. The molecule has 0 saturated heterocycles. The van der Waals surface area contributed by atoms with Gasteiger partial charge in [-0.1, -0.05) is 0 Å². The zero-order valence-corrected chi connectivity index (χ0v) is 12.0. The van der Waals surface area contributed by atoms with Gasteiger partial charge in [0.15, 0.2) is 17.3 Å². The first-order chi connectivity index (χ1) is 10.8. The summed E-state index contributed by atoms with van der Waals surface area (Å²) in [4.78, 5) is 12.0. The molecule has 0 unspecified atom stereocenters. The molecule has 22 heavy (non-hydrogen) atoms. The number of carbonyl (C=O) groups is 1. The molecule has 0 fully saturated rings. The summed E-state index contributed by atoms with van der Waals surface area (Å²) >= 11 is 0. The quantitative estimate of drug-likeness (QED) is 0.678. The largest absolute Gasteiger partial charge is 0.497 e. The molecule has 0 saturated carbocycles. The molecule has 0 aromatic heterocycles. The number of carbonyl (C=O) groups excluding carboxylic acids is 1. The first kappa shape index (κ1) is 14.0. The Morgan fingerprint density at radius 2 is 1.91 bits per heavy atom. The number of benzene rings is 2. The summed E-state index contributed by atoms with van der Waals surface area (Å²) in [5.74, 6) is 2.05. The molecule has 0 bridgehead atoms. The monoisotopic (exact) mass is 297 g/mol. The minimum absolute atomic E-state index is 0.0871. The Morgan fingerprint density at radius 3 is 2.68 bits per heavy atom. The molecule has 5 nitrogen and oxygen atoms in total. The molecule has 0 atom stereocenters. The lowest BCUT2D eigenvalue weighted by Crippen LogP contribution is -1.96. The normalized spacial score (nSPS) is 12.4. The lowest BCUT2D eigenvalue weighted by atomic mass is 10.1. The second-order valence-corrected chi connectivity index (χ2v) is 4.64. The van der Waals surface area contributed by atoms with Crippen LogP contribution < -0.4 is 19.5 Å². The van der Waals surface area contributed by atoms with Crippen molar-refractivity contribution < 1.29 is 19.0 Å². The van der Waals surface area contributed by atoms with Gasteiger partial charge in [-0.2, -0.15) is 0 Å². The molecule has 1 aliphatic heterocycles. The van der Waals surface area contributed by atoms with Crippen molar-refractivity contribution in [1.29, 1.82) is 0 Å². The van der Waals surface area contributed by atoms with Crippen molar-refractivity contribution in [2.75, 3.05) is 19.2 Å². The van der Waals surface area contributed by atoms with Gasteiger partial charge in [-0.15, -0.1) is 0 Å². The highest BCUT2D eigenvalue weighted by molar-refractivity contribution is 6.04. The van der Waals surface area contributed by atoms with Crippen LogP contribution in [-0.4, -0.2) is 19.7 Å². The van der Waals surface area contributed by atoms with Gasteiger partial charge in [0.1, 0.15) is 5.75 Å². The second kappa shape index (κ2) is 6.22. The summed E-state index contributed by atoms with van der Waals surface area (Å²) in [5.41, 5.74) is 1.42. The molecule has 5 heteroatoms. The third kappa shape index (κ3) is 3.03. The Hall–Kier alpha value is -2.95. The predicted octanol–water partition coefficient (Wildman–Crippen LogP) is 3.23. The molecule has 2 aromatic rings. The van der Waals surface area contributed by atoms with Crippen LogP contribution in [0.15, 0.2) is 54.7 Å². The van der Waals surface area contributed by atoms with Crippen molar-refractivity contribution in [3.63, 3.8) is 0 Å². The smallest absolute Gasteiger partial charge is 0.231 e. The van der Waals surface area contributed by atoms with Gasteiger partial charge in [-0.3, -0.25) is 4.79 Å². The van der Waals surface area contributed by atoms with Gasteiger partial charge >= 0.3 is 0 Å². The maximum atomic E-state index is 12.0. The minimum atomic E-state index is -0.0871. The molecule has 1 heterocycles. The summed E-state index contributed by atoms with van der Waals surface area (Å²) in [6.45, 7) is 0.241. The summed E-state index contributed by atoms with van der Waals surface area (Å²) in [6.07, 6.45) is 3.08. The van der Waals surface area contributed by atoms with E-state index in [1.807, 2.05) is 18.2 Å². The fraction of sp³-hybridized carbons (Fsp3) is 0.118. The SMILES string of the molecule is COc1ccc(C(=O)/C=C/Nc2ccc3c(c2)OCO3)cc1. The average molecular weight is 297 g/mol. The number of allylic oxidation sites excluding steroid dienone is 1. The van der Waals surface area contributed by atoms with Crippen LogP contribution in [0.2, 0.25) is 0 Å². The number of methoxy groups -OCH3 is 1. The van der Waals surface area contributed by atoms with E-state index in [1.54, 1.807) is 37.6 Å². The van der Waals surface area contributed by atoms with Gasteiger partial charge in [-0.05, 0) is 36.4 Å². The van der Waals surface area contributed by atoms with Gasteiger partial charge in [-0.25, -0.2) is 0 Å². The Bertz CT molecular complexity index is 707. The molecule has 1 N–H and O–H groups in total. The van der Waals surface area contributed by atoms with Crippen LogP contribution in [-0.2, 0) is 0 Å². The van der Waals surface area contributed by atoms with E-state index in [0.29, 0.717) is 11.3 Å². The van der Waals surface area contributed by atoms with Crippen molar-refractivity contribution in [3.05, 3.63) is 60.3 Å². The zero-order chi connectivity index (χ0) is 15.4. The molecule has 3 rings (SSSR count). The van der Waals surface area contributed by atoms with E-state index in [2.05, 4.69) is 5.32 Å². The summed E-state index contributed by atoms with van der Waals surface area (Å²) in [6, 6.07) is 12.5. The van der Waals surface area contributed by atoms with Crippen LogP contribution in [0.3, 0.4) is 0 Å². The maximum absolute atomic E-state index is 12.0. The van der Waals surface area contributed by atoms with Gasteiger partial charge in [0.2, 0.25) is 6.79 Å². The van der Waals surface area contributed by atoms with E-state index < -0.39 is 0 Å². The number of anilines is 1. The second-order valence-electron chi connectivity index (χ2n) is 4.64. The molecular weight excluding hydrogens is 282 g/mol. The van der Waals surface area contributed by atoms with Gasteiger partial charge < -0.3 is 19.5 Å². The summed E-state index contributed by atoms with van der Waals surface area (Å²) in [7, 11) is 1.59. The van der Waals surface area contributed by atoms with Crippen molar-refractivity contribution in [1.82, 2.24) is 0 Å². The molecule has 0 amide bonds. The highest BCUT2D eigenvalue weighted by Crippen LogP contribution is 2.34. The van der Waals surface area contributed by atoms with E-state index in [4.69, 9.17) is 14.2 Å². The van der Waals surface area contributed by atoms with Crippen LogP contribution in [0.1, 0.15) is 10.4 Å². The van der Waals surface area contributed by atoms with Crippen molar-refractivity contribution >= 4 is 11.5 Å². The Morgan fingerprint density at radius 1 is 1.14 bits per heavy atom. The highest BCUT2D eigenvalue weighted by Gasteiger charge is 2.12. The zero-order valence-electron chi connectivity index (χ0n) is 12.0. The predicted molar refractivity (Wildman–Crippen MR) is 82.7 cm³/mol.